The van der Waals surface area contributed by atoms with Crippen LogP contribution in [0.3, 0.4) is 0 Å². The number of ether oxygens (including phenoxy) is 1. The first kappa shape index (κ1) is 21.3. The lowest BCUT2D eigenvalue weighted by molar-refractivity contribution is -0.384. The molecule has 0 aromatic heterocycles. The van der Waals surface area contributed by atoms with E-state index in [1.807, 2.05) is 0 Å². The zero-order valence-corrected chi connectivity index (χ0v) is 15.8. The standard InChI is InChI=1S/C20H19N3O6/c1-3-29-20(26)15-7-9-16(10-8-15)22-19(25)18(21-13(2)24)12-14-5-4-6-17(11-14)23(27)28/h4-12H,3H2,1-2H3,(H,21,24)(H,22,25)/b18-12-. The highest BCUT2D eigenvalue weighted by atomic mass is 16.6. The second kappa shape index (κ2) is 9.79. The maximum Gasteiger partial charge on any atom is 0.338 e. The van der Waals surface area contributed by atoms with E-state index in [0.717, 1.165) is 0 Å². The molecule has 0 atom stereocenters. The van der Waals surface area contributed by atoms with Gasteiger partial charge in [-0.05, 0) is 42.8 Å². The van der Waals surface area contributed by atoms with E-state index in [2.05, 4.69) is 10.6 Å². The summed E-state index contributed by atoms with van der Waals surface area (Å²) in [6.45, 7) is 3.19. The van der Waals surface area contributed by atoms with E-state index < -0.39 is 22.7 Å². The molecule has 0 aliphatic carbocycles. The van der Waals surface area contributed by atoms with E-state index in [1.54, 1.807) is 13.0 Å². The summed E-state index contributed by atoms with van der Waals surface area (Å²) in [5, 5.41) is 15.9. The van der Waals surface area contributed by atoms with Crippen LogP contribution in [0.1, 0.15) is 29.8 Å². The van der Waals surface area contributed by atoms with Gasteiger partial charge in [0.05, 0.1) is 17.1 Å². The molecule has 9 heteroatoms. The lowest BCUT2D eigenvalue weighted by atomic mass is 10.1. The lowest BCUT2D eigenvalue weighted by Gasteiger charge is -2.10. The molecule has 0 fully saturated rings. The molecule has 2 amide bonds. The number of non-ortho nitro benzene ring substituents is 1. The molecular weight excluding hydrogens is 378 g/mol. The van der Waals surface area contributed by atoms with Gasteiger partial charge in [-0.3, -0.25) is 19.7 Å². The largest absolute Gasteiger partial charge is 0.462 e. The molecule has 2 aromatic carbocycles. The van der Waals surface area contributed by atoms with Crippen LogP contribution >= 0.6 is 0 Å². The molecular formula is C20H19N3O6. The van der Waals surface area contributed by atoms with Gasteiger partial charge < -0.3 is 15.4 Å². The summed E-state index contributed by atoms with van der Waals surface area (Å²) in [5.74, 6) is -1.58. The van der Waals surface area contributed by atoms with Gasteiger partial charge in [0, 0.05) is 24.7 Å². The molecule has 150 valence electrons. The molecule has 29 heavy (non-hydrogen) atoms. The Morgan fingerprint density at radius 2 is 1.83 bits per heavy atom. The molecule has 0 bridgehead atoms. The molecule has 2 rings (SSSR count). The van der Waals surface area contributed by atoms with Crippen LogP contribution in [0.2, 0.25) is 0 Å². The Morgan fingerprint density at radius 3 is 2.41 bits per heavy atom. The minimum Gasteiger partial charge on any atom is -0.462 e. The smallest absolute Gasteiger partial charge is 0.338 e. The first-order valence-corrected chi connectivity index (χ1v) is 8.62. The predicted molar refractivity (Wildman–Crippen MR) is 106 cm³/mol. The first-order chi connectivity index (χ1) is 13.8. The van der Waals surface area contributed by atoms with Gasteiger partial charge >= 0.3 is 5.97 Å². The highest BCUT2D eigenvalue weighted by molar-refractivity contribution is 6.08. The summed E-state index contributed by atoms with van der Waals surface area (Å²) in [6, 6.07) is 11.7. The number of nitrogens with one attached hydrogen (secondary N) is 2. The number of carbonyl (C=O) groups excluding carboxylic acids is 3. The molecule has 2 aromatic rings. The van der Waals surface area contributed by atoms with Crippen molar-refractivity contribution in [2.75, 3.05) is 11.9 Å². The molecule has 2 N–H and O–H groups in total. The number of hydrogen-bond donors (Lipinski definition) is 2. The second-order valence-electron chi connectivity index (χ2n) is 5.84. The van der Waals surface area contributed by atoms with Crippen LogP contribution in [-0.4, -0.2) is 29.3 Å². The Bertz CT molecular complexity index is 966. The minimum absolute atomic E-state index is 0.0903. The van der Waals surface area contributed by atoms with Crippen LogP contribution in [0, 0.1) is 10.1 Å². The second-order valence-corrected chi connectivity index (χ2v) is 5.84. The van der Waals surface area contributed by atoms with Gasteiger partial charge in [-0.2, -0.15) is 0 Å². The first-order valence-electron chi connectivity index (χ1n) is 8.62. The molecule has 0 heterocycles. The molecule has 0 aliphatic rings. The van der Waals surface area contributed by atoms with Crippen LogP contribution in [0.25, 0.3) is 6.08 Å². The summed E-state index contributed by atoms with van der Waals surface area (Å²) >= 11 is 0. The van der Waals surface area contributed by atoms with E-state index in [4.69, 9.17) is 4.74 Å². The maximum absolute atomic E-state index is 12.6. The van der Waals surface area contributed by atoms with Crippen LogP contribution in [0.4, 0.5) is 11.4 Å². The van der Waals surface area contributed by atoms with Crippen molar-refractivity contribution in [2.45, 2.75) is 13.8 Å². The number of anilines is 1. The molecule has 0 saturated carbocycles. The molecule has 0 spiro atoms. The van der Waals surface area contributed by atoms with Crippen molar-refractivity contribution >= 4 is 35.2 Å². The Kier molecular flexibility index (Phi) is 7.19. The van der Waals surface area contributed by atoms with Gasteiger partial charge in [0.1, 0.15) is 5.70 Å². The molecule has 0 saturated heterocycles. The average molecular weight is 397 g/mol. The normalized spacial score (nSPS) is 10.8. The van der Waals surface area contributed by atoms with Crippen molar-refractivity contribution in [3.8, 4) is 0 Å². The van der Waals surface area contributed by atoms with Gasteiger partial charge in [-0.1, -0.05) is 12.1 Å². The van der Waals surface area contributed by atoms with E-state index in [-0.39, 0.29) is 18.0 Å². The fraction of sp³-hybridized carbons (Fsp3) is 0.150. The van der Waals surface area contributed by atoms with Gasteiger partial charge in [0.15, 0.2) is 0 Å². The number of benzene rings is 2. The van der Waals surface area contributed by atoms with Crippen molar-refractivity contribution in [3.63, 3.8) is 0 Å². The van der Waals surface area contributed by atoms with Crippen molar-refractivity contribution in [3.05, 3.63) is 75.5 Å². The molecule has 0 radical (unpaired) electrons. The number of amides is 2. The Labute approximate surface area is 166 Å². The number of esters is 1. The van der Waals surface area contributed by atoms with Crippen molar-refractivity contribution in [2.24, 2.45) is 0 Å². The Morgan fingerprint density at radius 1 is 1.14 bits per heavy atom. The SMILES string of the molecule is CCOC(=O)c1ccc(NC(=O)/C(=C/c2cccc([N+](=O)[O-])c2)NC(C)=O)cc1. The number of nitro benzene ring substituents is 1. The predicted octanol–water partition coefficient (Wildman–Crippen LogP) is 2.89. The Balaban J connectivity index is 2.23. The maximum atomic E-state index is 12.6. The lowest BCUT2D eigenvalue weighted by Crippen LogP contribution is -2.29. The van der Waals surface area contributed by atoms with Crippen LogP contribution in [0.5, 0.6) is 0 Å². The third-order valence-corrected chi connectivity index (χ3v) is 3.60. The summed E-state index contributed by atoms with van der Waals surface area (Å²) in [7, 11) is 0. The van der Waals surface area contributed by atoms with Gasteiger partial charge in [0.25, 0.3) is 11.6 Å². The highest BCUT2D eigenvalue weighted by Gasteiger charge is 2.14. The third kappa shape index (κ3) is 6.28. The highest BCUT2D eigenvalue weighted by Crippen LogP contribution is 2.16. The summed E-state index contributed by atoms with van der Waals surface area (Å²) in [6.07, 6.45) is 1.33. The number of nitrogens with zero attached hydrogens (tertiary/aromatic N) is 1. The summed E-state index contributed by atoms with van der Waals surface area (Å²) in [4.78, 5) is 46.1. The van der Waals surface area contributed by atoms with E-state index in [1.165, 1.54) is 55.5 Å². The summed E-state index contributed by atoms with van der Waals surface area (Å²) in [5.41, 5.74) is 0.858. The zero-order valence-electron chi connectivity index (χ0n) is 15.8. The fourth-order valence-electron chi connectivity index (χ4n) is 2.35. The van der Waals surface area contributed by atoms with Gasteiger partial charge in [-0.15, -0.1) is 0 Å². The van der Waals surface area contributed by atoms with Crippen molar-refractivity contribution in [1.29, 1.82) is 0 Å². The molecule has 0 unspecified atom stereocenters. The quantitative estimate of drug-likeness (QED) is 0.320. The van der Waals surface area contributed by atoms with E-state index >= 15 is 0 Å². The van der Waals surface area contributed by atoms with Gasteiger partial charge in [0.2, 0.25) is 5.91 Å². The average Bonchev–Trinajstić information content (AvgIpc) is 2.68. The monoisotopic (exact) mass is 397 g/mol. The van der Waals surface area contributed by atoms with E-state index in [9.17, 15) is 24.5 Å². The number of hydrogen-bond acceptors (Lipinski definition) is 6. The van der Waals surface area contributed by atoms with E-state index in [0.29, 0.717) is 16.8 Å². The summed E-state index contributed by atoms with van der Waals surface area (Å²) < 4.78 is 4.89. The fourth-order valence-corrected chi connectivity index (χ4v) is 2.35. The number of rotatable bonds is 7. The van der Waals surface area contributed by atoms with Crippen molar-refractivity contribution in [1.82, 2.24) is 5.32 Å². The zero-order chi connectivity index (χ0) is 21.4. The molecule has 0 aliphatic heterocycles. The van der Waals surface area contributed by atoms with Crippen LogP contribution in [-0.2, 0) is 14.3 Å². The Hall–Kier alpha value is -4.01. The topological polar surface area (TPSA) is 128 Å². The number of carbonyl (C=O) groups is 3. The molecule has 9 nitrogen and oxygen atoms in total. The number of nitro groups is 1. The van der Waals surface area contributed by atoms with Gasteiger partial charge in [-0.25, -0.2) is 4.79 Å². The van der Waals surface area contributed by atoms with Crippen LogP contribution < -0.4 is 10.6 Å². The minimum atomic E-state index is -0.629. The van der Waals surface area contributed by atoms with Crippen LogP contribution in [0.15, 0.2) is 54.2 Å². The van der Waals surface area contributed by atoms with Crippen molar-refractivity contribution < 1.29 is 24.0 Å². The third-order valence-electron chi connectivity index (χ3n) is 3.60.